The Balaban J connectivity index is 1.36. The molecule has 4 rings (SSSR count). The molecule has 0 saturated heterocycles. The Labute approximate surface area is 193 Å². The number of carboxylic acids is 1. The number of ether oxygens (including phenoxy) is 2. The second-order valence-corrected chi connectivity index (χ2v) is 9.68. The van der Waals surface area contributed by atoms with Crippen molar-refractivity contribution in [2.24, 2.45) is 11.8 Å². The van der Waals surface area contributed by atoms with Gasteiger partial charge in [-0.2, -0.15) is 0 Å². The normalized spacial score (nSPS) is 23.4. The van der Waals surface area contributed by atoms with E-state index in [-0.39, 0.29) is 17.7 Å². The second-order valence-electron chi connectivity index (χ2n) is 9.68. The van der Waals surface area contributed by atoms with E-state index in [2.05, 4.69) is 0 Å². The minimum absolute atomic E-state index is 0.0543. The molecule has 178 valence electrons. The van der Waals surface area contributed by atoms with E-state index in [1.807, 2.05) is 6.07 Å². The van der Waals surface area contributed by atoms with Crippen LogP contribution in [0.1, 0.15) is 68.4 Å². The first-order valence-electron chi connectivity index (χ1n) is 11.8. The molecule has 2 saturated carbocycles. The van der Waals surface area contributed by atoms with Crippen molar-refractivity contribution in [1.29, 1.82) is 0 Å². The SMILES string of the molecule is COc1ccc(F)c(C2CCC(COc3cccc([C@H](C4CC4)[C@](C)(F)C(=O)O)c3)CC2)c1. The fourth-order valence-electron chi connectivity index (χ4n) is 5.20. The number of hydrogen-bond acceptors (Lipinski definition) is 3. The van der Waals surface area contributed by atoms with Crippen LogP contribution in [0.25, 0.3) is 0 Å². The summed E-state index contributed by atoms with van der Waals surface area (Å²) in [5.74, 6) is -0.367. The van der Waals surface area contributed by atoms with E-state index in [1.165, 1.54) is 6.07 Å². The lowest BCUT2D eigenvalue weighted by Gasteiger charge is -2.29. The Hall–Kier alpha value is -2.63. The van der Waals surface area contributed by atoms with Crippen molar-refractivity contribution in [3.05, 3.63) is 59.4 Å². The van der Waals surface area contributed by atoms with Crippen LogP contribution in [0, 0.1) is 17.7 Å². The zero-order valence-electron chi connectivity index (χ0n) is 19.2. The van der Waals surface area contributed by atoms with Crippen LogP contribution in [-0.2, 0) is 4.79 Å². The lowest BCUT2D eigenvalue weighted by Crippen LogP contribution is -2.38. The van der Waals surface area contributed by atoms with Gasteiger partial charge in [0.2, 0.25) is 5.67 Å². The molecule has 4 nitrogen and oxygen atoms in total. The number of alkyl halides is 1. The largest absolute Gasteiger partial charge is 0.497 e. The van der Waals surface area contributed by atoms with Crippen molar-refractivity contribution in [2.75, 3.05) is 13.7 Å². The summed E-state index contributed by atoms with van der Waals surface area (Å²) in [6.07, 6.45) is 5.35. The predicted octanol–water partition coefficient (Wildman–Crippen LogP) is 6.49. The van der Waals surface area contributed by atoms with Crippen molar-refractivity contribution < 1.29 is 28.2 Å². The molecule has 0 spiro atoms. The van der Waals surface area contributed by atoms with Crippen molar-refractivity contribution in [3.8, 4) is 11.5 Å². The highest BCUT2D eigenvalue weighted by molar-refractivity contribution is 5.78. The fourth-order valence-corrected chi connectivity index (χ4v) is 5.20. The maximum absolute atomic E-state index is 15.0. The van der Waals surface area contributed by atoms with Gasteiger partial charge in [-0.1, -0.05) is 12.1 Å². The summed E-state index contributed by atoms with van der Waals surface area (Å²) < 4.78 is 40.6. The topological polar surface area (TPSA) is 55.8 Å². The van der Waals surface area contributed by atoms with E-state index in [4.69, 9.17) is 9.47 Å². The fraction of sp³-hybridized carbons (Fsp3) is 0.519. The van der Waals surface area contributed by atoms with Crippen LogP contribution in [0.15, 0.2) is 42.5 Å². The van der Waals surface area contributed by atoms with Crippen LogP contribution in [0.3, 0.4) is 0 Å². The molecule has 2 fully saturated rings. The third kappa shape index (κ3) is 5.31. The van der Waals surface area contributed by atoms with Crippen molar-refractivity contribution in [3.63, 3.8) is 0 Å². The number of methoxy groups -OCH3 is 1. The van der Waals surface area contributed by atoms with Gasteiger partial charge in [0.25, 0.3) is 0 Å². The molecule has 6 heteroatoms. The van der Waals surface area contributed by atoms with Gasteiger partial charge < -0.3 is 14.6 Å². The van der Waals surface area contributed by atoms with Crippen molar-refractivity contribution >= 4 is 5.97 Å². The molecular weight excluding hydrogens is 426 g/mol. The van der Waals surface area contributed by atoms with Gasteiger partial charge in [-0.25, -0.2) is 13.6 Å². The van der Waals surface area contributed by atoms with Gasteiger partial charge in [-0.15, -0.1) is 0 Å². The van der Waals surface area contributed by atoms with Gasteiger partial charge in [-0.05, 0) is 105 Å². The molecule has 0 aliphatic heterocycles. The molecule has 2 aromatic carbocycles. The zero-order valence-corrected chi connectivity index (χ0v) is 19.2. The number of rotatable bonds is 9. The first kappa shape index (κ1) is 23.5. The van der Waals surface area contributed by atoms with Crippen molar-refractivity contribution in [1.82, 2.24) is 0 Å². The molecule has 2 atom stereocenters. The van der Waals surface area contributed by atoms with Crippen LogP contribution >= 0.6 is 0 Å². The van der Waals surface area contributed by atoms with Crippen molar-refractivity contribution in [2.45, 2.75) is 63.0 Å². The molecule has 1 N–H and O–H groups in total. The van der Waals surface area contributed by atoms with Crippen LogP contribution in [0.4, 0.5) is 8.78 Å². The highest BCUT2D eigenvalue weighted by Gasteiger charge is 2.50. The van der Waals surface area contributed by atoms with Crippen LogP contribution in [0.2, 0.25) is 0 Å². The lowest BCUT2D eigenvalue weighted by atomic mass is 9.79. The van der Waals surface area contributed by atoms with Crippen LogP contribution in [0.5, 0.6) is 11.5 Å². The molecule has 0 heterocycles. The van der Waals surface area contributed by atoms with E-state index in [1.54, 1.807) is 37.4 Å². The summed E-state index contributed by atoms with van der Waals surface area (Å²) in [5, 5.41) is 9.41. The number of benzene rings is 2. The van der Waals surface area contributed by atoms with E-state index in [0.717, 1.165) is 51.0 Å². The Kier molecular flexibility index (Phi) is 6.91. The standard InChI is InChI=1S/C27H32F2O4/c1-27(29,26(30)31)25(19-10-11-19)20-4-3-5-22(14-20)33-16-17-6-8-18(9-7-17)23-15-21(32-2)12-13-24(23)28/h3-5,12-15,17-19,25H,6-11,16H2,1-2H3,(H,30,31)/t17?,18?,25-,27-/m0/s1. The van der Waals surface area contributed by atoms with Crippen LogP contribution in [-0.4, -0.2) is 30.5 Å². The van der Waals surface area contributed by atoms with Crippen LogP contribution < -0.4 is 9.47 Å². The zero-order chi connectivity index (χ0) is 23.6. The second kappa shape index (κ2) is 9.70. The highest BCUT2D eigenvalue weighted by Crippen LogP contribution is 2.50. The number of halogens is 2. The molecule has 2 aromatic rings. The number of hydrogen-bond donors (Lipinski definition) is 1. The van der Waals surface area contributed by atoms with Gasteiger partial charge in [0.15, 0.2) is 0 Å². The molecule has 33 heavy (non-hydrogen) atoms. The first-order valence-corrected chi connectivity index (χ1v) is 11.8. The smallest absolute Gasteiger partial charge is 0.341 e. The Morgan fingerprint density at radius 2 is 1.82 bits per heavy atom. The Bertz CT molecular complexity index is 978. The minimum Gasteiger partial charge on any atom is -0.497 e. The average molecular weight is 459 g/mol. The van der Waals surface area contributed by atoms with E-state index < -0.39 is 17.6 Å². The molecule has 2 aliphatic carbocycles. The van der Waals surface area contributed by atoms with E-state index in [0.29, 0.717) is 29.6 Å². The molecule has 0 amide bonds. The monoisotopic (exact) mass is 458 g/mol. The third-order valence-electron chi connectivity index (χ3n) is 7.29. The molecule has 0 unspecified atom stereocenters. The summed E-state index contributed by atoms with van der Waals surface area (Å²) >= 11 is 0. The molecule has 0 bridgehead atoms. The summed E-state index contributed by atoms with van der Waals surface area (Å²) in [7, 11) is 1.59. The van der Waals surface area contributed by atoms with E-state index >= 15 is 4.39 Å². The van der Waals surface area contributed by atoms with Gasteiger partial charge in [0.05, 0.1) is 13.7 Å². The number of carboxylic acid groups (broad SMARTS) is 1. The average Bonchev–Trinajstić information content (AvgIpc) is 3.63. The van der Waals surface area contributed by atoms with Gasteiger partial charge in [0.1, 0.15) is 17.3 Å². The molecule has 0 aromatic heterocycles. The quantitative estimate of drug-likeness (QED) is 0.466. The lowest BCUT2D eigenvalue weighted by molar-refractivity contribution is -0.151. The predicted molar refractivity (Wildman–Crippen MR) is 122 cm³/mol. The van der Waals surface area contributed by atoms with Gasteiger partial charge in [-0.3, -0.25) is 0 Å². The Morgan fingerprint density at radius 3 is 2.45 bits per heavy atom. The third-order valence-corrected chi connectivity index (χ3v) is 7.29. The summed E-state index contributed by atoms with van der Waals surface area (Å²) in [4.78, 5) is 11.5. The molecular formula is C27H32F2O4. The maximum atomic E-state index is 15.0. The molecule has 0 radical (unpaired) electrons. The first-order chi connectivity index (χ1) is 15.8. The Morgan fingerprint density at radius 1 is 1.09 bits per heavy atom. The highest BCUT2D eigenvalue weighted by atomic mass is 19.1. The molecule has 2 aliphatic rings. The van der Waals surface area contributed by atoms with E-state index in [9.17, 15) is 14.3 Å². The summed E-state index contributed by atoms with van der Waals surface area (Å²) in [6.45, 7) is 1.70. The minimum atomic E-state index is -2.31. The van der Waals surface area contributed by atoms with Gasteiger partial charge >= 0.3 is 5.97 Å². The van der Waals surface area contributed by atoms with Gasteiger partial charge in [0, 0.05) is 5.92 Å². The number of aliphatic carboxylic acids is 1. The summed E-state index contributed by atoms with van der Waals surface area (Å²) in [5.41, 5.74) is -0.909. The summed E-state index contributed by atoms with van der Waals surface area (Å²) in [6, 6.07) is 12.1. The maximum Gasteiger partial charge on any atom is 0.341 e. The number of carbonyl (C=O) groups is 1.